The van der Waals surface area contributed by atoms with Crippen LogP contribution in [0.2, 0.25) is 0 Å². The quantitative estimate of drug-likeness (QED) is 0.818. The van der Waals surface area contributed by atoms with Gasteiger partial charge < -0.3 is 5.32 Å². The molecule has 0 atom stereocenters. The largest absolute Gasteiger partial charge is 0.325 e. The minimum atomic E-state index is -0.475. The van der Waals surface area contributed by atoms with Gasteiger partial charge in [-0.25, -0.2) is 4.39 Å². The number of benzene rings is 1. The Bertz CT molecular complexity index is 393. The number of carbonyl (C=O) groups excluding carboxylic acids is 1. The molecule has 2 nitrogen and oxygen atoms in total. The van der Waals surface area contributed by atoms with E-state index in [-0.39, 0.29) is 11.7 Å². The number of carbonyl (C=O) groups is 1. The van der Waals surface area contributed by atoms with Gasteiger partial charge in [0.05, 0.1) is 0 Å². The predicted octanol–water partition coefficient (Wildman–Crippen LogP) is 3.37. The summed E-state index contributed by atoms with van der Waals surface area (Å²) < 4.78 is 13.1. The molecule has 0 unspecified atom stereocenters. The number of anilines is 1. The first-order valence-electron chi connectivity index (χ1n) is 5.44. The summed E-state index contributed by atoms with van der Waals surface area (Å²) in [6, 6.07) is 4.47. The van der Waals surface area contributed by atoms with Crippen LogP contribution >= 0.6 is 0 Å². The number of nitrogens with one attached hydrogen (secondary N) is 1. The summed E-state index contributed by atoms with van der Waals surface area (Å²) >= 11 is 0. The van der Waals surface area contributed by atoms with E-state index < -0.39 is 5.41 Å². The fourth-order valence-corrected chi connectivity index (χ4v) is 1.28. The standard InChI is InChI=1S/C13H18FNO/c1-5-9-6-7-10(14)8-11(9)15-12(16)13(2,3)4/h6-8H,5H2,1-4H3,(H,15,16). The van der Waals surface area contributed by atoms with Gasteiger partial charge >= 0.3 is 0 Å². The molecule has 16 heavy (non-hydrogen) atoms. The molecule has 0 saturated heterocycles. The molecule has 1 amide bonds. The molecular formula is C13H18FNO. The molecule has 1 aromatic rings. The molecule has 88 valence electrons. The smallest absolute Gasteiger partial charge is 0.229 e. The molecule has 0 aliphatic carbocycles. The molecule has 0 spiro atoms. The Hall–Kier alpha value is -1.38. The molecule has 1 rings (SSSR count). The summed E-state index contributed by atoms with van der Waals surface area (Å²) in [6.45, 7) is 7.45. The summed E-state index contributed by atoms with van der Waals surface area (Å²) in [5.41, 5.74) is 1.04. The van der Waals surface area contributed by atoms with Crippen LogP contribution in [0.25, 0.3) is 0 Å². The van der Waals surface area contributed by atoms with Crippen molar-refractivity contribution in [1.29, 1.82) is 0 Å². The van der Waals surface area contributed by atoms with Crippen molar-refractivity contribution in [2.75, 3.05) is 5.32 Å². The maximum absolute atomic E-state index is 13.1. The Morgan fingerprint density at radius 3 is 2.50 bits per heavy atom. The van der Waals surface area contributed by atoms with Crippen molar-refractivity contribution in [3.63, 3.8) is 0 Å². The van der Waals surface area contributed by atoms with Crippen molar-refractivity contribution in [1.82, 2.24) is 0 Å². The van der Waals surface area contributed by atoms with E-state index in [0.717, 1.165) is 12.0 Å². The van der Waals surface area contributed by atoms with Gasteiger partial charge in [0, 0.05) is 11.1 Å². The van der Waals surface area contributed by atoms with Gasteiger partial charge in [0.2, 0.25) is 5.91 Å². The third kappa shape index (κ3) is 3.05. The highest BCUT2D eigenvalue weighted by Gasteiger charge is 2.21. The van der Waals surface area contributed by atoms with Crippen LogP contribution < -0.4 is 5.32 Å². The monoisotopic (exact) mass is 223 g/mol. The van der Waals surface area contributed by atoms with Crippen molar-refractivity contribution in [2.45, 2.75) is 34.1 Å². The molecule has 0 fully saturated rings. The molecule has 3 heteroatoms. The highest BCUT2D eigenvalue weighted by atomic mass is 19.1. The van der Waals surface area contributed by atoms with Crippen LogP contribution in [0.15, 0.2) is 18.2 Å². The van der Waals surface area contributed by atoms with Crippen LogP contribution in [0.1, 0.15) is 33.3 Å². The first-order chi connectivity index (χ1) is 7.34. The zero-order chi connectivity index (χ0) is 12.3. The van der Waals surface area contributed by atoms with E-state index in [1.165, 1.54) is 12.1 Å². The third-order valence-corrected chi connectivity index (χ3v) is 2.38. The maximum Gasteiger partial charge on any atom is 0.229 e. The van der Waals surface area contributed by atoms with Crippen LogP contribution in [-0.2, 0) is 11.2 Å². The summed E-state index contributed by atoms with van der Waals surface area (Å²) in [5.74, 6) is -0.436. The van der Waals surface area contributed by atoms with Crippen LogP contribution in [0.5, 0.6) is 0 Å². The molecule has 0 aliphatic rings. The lowest BCUT2D eigenvalue weighted by molar-refractivity contribution is -0.123. The van der Waals surface area contributed by atoms with E-state index in [9.17, 15) is 9.18 Å². The van der Waals surface area contributed by atoms with Crippen LogP contribution in [0, 0.1) is 11.2 Å². The number of aryl methyl sites for hydroxylation is 1. The van der Waals surface area contributed by atoms with E-state index in [2.05, 4.69) is 5.32 Å². The topological polar surface area (TPSA) is 29.1 Å². The van der Waals surface area contributed by atoms with Crippen LogP contribution in [0.3, 0.4) is 0 Å². The van der Waals surface area contributed by atoms with E-state index >= 15 is 0 Å². The summed E-state index contributed by atoms with van der Waals surface area (Å²) in [4.78, 5) is 11.8. The number of hydrogen-bond acceptors (Lipinski definition) is 1. The molecule has 1 aromatic carbocycles. The number of rotatable bonds is 2. The minimum Gasteiger partial charge on any atom is -0.325 e. The van der Waals surface area contributed by atoms with Gasteiger partial charge in [0.1, 0.15) is 5.82 Å². The van der Waals surface area contributed by atoms with Gasteiger partial charge in [-0.15, -0.1) is 0 Å². The maximum atomic E-state index is 13.1. The fourth-order valence-electron chi connectivity index (χ4n) is 1.28. The van der Waals surface area contributed by atoms with E-state index in [1.807, 2.05) is 27.7 Å². The summed E-state index contributed by atoms with van der Waals surface area (Å²) in [5, 5.41) is 2.76. The van der Waals surface area contributed by atoms with E-state index in [1.54, 1.807) is 6.07 Å². The predicted molar refractivity (Wildman–Crippen MR) is 63.9 cm³/mol. The second kappa shape index (κ2) is 4.64. The Balaban J connectivity index is 2.96. The third-order valence-electron chi connectivity index (χ3n) is 2.38. The van der Waals surface area contributed by atoms with Gasteiger partial charge in [0.25, 0.3) is 0 Å². The van der Waals surface area contributed by atoms with Gasteiger partial charge in [-0.1, -0.05) is 33.8 Å². The Morgan fingerprint density at radius 1 is 1.38 bits per heavy atom. The second-order valence-corrected chi connectivity index (χ2v) is 4.86. The number of amides is 1. The van der Waals surface area contributed by atoms with Gasteiger partial charge in [-0.05, 0) is 24.1 Å². The Morgan fingerprint density at radius 2 is 2.00 bits per heavy atom. The van der Waals surface area contributed by atoms with Crippen molar-refractivity contribution in [3.8, 4) is 0 Å². The van der Waals surface area contributed by atoms with Crippen molar-refractivity contribution in [3.05, 3.63) is 29.6 Å². The van der Waals surface area contributed by atoms with Crippen molar-refractivity contribution < 1.29 is 9.18 Å². The van der Waals surface area contributed by atoms with Gasteiger partial charge in [-0.2, -0.15) is 0 Å². The molecule has 0 saturated carbocycles. The highest BCUT2D eigenvalue weighted by Crippen LogP contribution is 2.21. The Labute approximate surface area is 95.9 Å². The Kier molecular flexibility index (Phi) is 3.68. The molecule has 0 bridgehead atoms. The first kappa shape index (κ1) is 12.7. The van der Waals surface area contributed by atoms with Crippen molar-refractivity contribution in [2.24, 2.45) is 5.41 Å². The minimum absolute atomic E-state index is 0.104. The second-order valence-electron chi connectivity index (χ2n) is 4.86. The normalized spacial score (nSPS) is 11.3. The average Bonchev–Trinajstić information content (AvgIpc) is 2.16. The van der Waals surface area contributed by atoms with Gasteiger partial charge in [-0.3, -0.25) is 4.79 Å². The van der Waals surface area contributed by atoms with Gasteiger partial charge in [0.15, 0.2) is 0 Å². The van der Waals surface area contributed by atoms with Crippen LogP contribution in [-0.4, -0.2) is 5.91 Å². The zero-order valence-corrected chi connectivity index (χ0v) is 10.2. The van der Waals surface area contributed by atoms with E-state index in [0.29, 0.717) is 5.69 Å². The first-order valence-corrected chi connectivity index (χ1v) is 5.44. The van der Waals surface area contributed by atoms with Crippen molar-refractivity contribution >= 4 is 11.6 Å². The van der Waals surface area contributed by atoms with E-state index in [4.69, 9.17) is 0 Å². The highest BCUT2D eigenvalue weighted by molar-refractivity contribution is 5.95. The lowest BCUT2D eigenvalue weighted by atomic mass is 9.95. The van der Waals surface area contributed by atoms with Crippen LogP contribution in [0.4, 0.5) is 10.1 Å². The summed E-state index contributed by atoms with van der Waals surface area (Å²) in [7, 11) is 0. The lowest BCUT2D eigenvalue weighted by Gasteiger charge is -2.19. The molecule has 0 heterocycles. The summed E-state index contributed by atoms with van der Waals surface area (Å²) in [6.07, 6.45) is 0.764. The molecule has 0 radical (unpaired) electrons. The zero-order valence-electron chi connectivity index (χ0n) is 10.2. The molecule has 0 aliphatic heterocycles. The number of hydrogen-bond donors (Lipinski definition) is 1. The lowest BCUT2D eigenvalue weighted by Crippen LogP contribution is -2.28. The average molecular weight is 223 g/mol. The number of halogens is 1. The fraction of sp³-hybridized carbons (Fsp3) is 0.462. The molecular weight excluding hydrogens is 205 g/mol. The molecule has 0 aromatic heterocycles. The molecule has 1 N–H and O–H groups in total. The SMILES string of the molecule is CCc1ccc(F)cc1NC(=O)C(C)(C)C.